The molecule has 0 aliphatic carbocycles. The first-order chi connectivity index (χ1) is 21.9. The first kappa shape index (κ1) is 34.6. The molecule has 0 aliphatic rings. The Kier molecular flexibility index (Phi) is 13.0. The van der Waals surface area contributed by atoms with E-state index in [-0.39, 0.29) is 5.91 Å². The van der Waals surface area contributed by atoms with Crippen LogP contribution < -0.4 is 21.2 Å². The first-order valence-corrected chi connectivity index (χ1v) is 20.8. The summed E-state index contributed by atoms with van der Waals surface area (Å²) in [6, 6.07) is 37.3. The molecule has 0 aromatic heterocycles. The van der Waals surface area contributed by atoms with E-state index in [1.54, 1.807) is 12.1 Å². The normalized spacial score (nSPS) is 12.2. The van der Waals surface area contributed by atoms with Crippen molar-refractivity contribution in [2.24, 2.45) is 0 Å². The van der Waals surface area contributed by atoms with Gasteiger partial charge >= 0.3 is 252 Å². The van der Waals surface area contributed by atoms with Crippen LogP contribution >= 0.6 is 20.8 Å². The Hall–Kier alpha value is -3.27. The molecule has 45 heavy (non-hydrogen) atoms. The molecule has 0 unspecified atom stereocenters. The summed E-state index contributed by atoms with van der Waals surface area (Å²) < 4.78 is 5.05. The van der Waals surface area contributed by atoms with Crippen LogP contribution in [0.2, 0.25) is 0 Å². The number of methoxy groups -OCH3 is 1. The summed E-state index contributed by atoms with van der Waals surface area (Å²) in [5, 5.41) is 3.42. The van der Waals surface area contributed by atoms with Gasteiger partial charge in [-0.3, -0.25) is 0 Å². The van der Waals surface area contributed by atoms with E-state index in [1.807, 2.05) is 24.3 Å². The van der Waals surface area contributed by atoms with Crippen LogP contribution in [0, 0.1) is 0 Å². The van der Waals surface area contributed by atoms with Crippen LogP contribution in [-0.2, 0) is 15.7 Å². The Labute approximate surface area is 277 Å². The molecular formula is C39H47BrNO3P. The summed E-state index contributed by atoms with van der Waals surface area (Å²) in [6.45, 7) is 2.24. The number of unbranched alkanes of at least 4 members (excludes halogenated alkanes) is 8. The zero-order chi connectivity index (χ0) is 32.0. The summed E-state index contributed by atoms with van der Waals surface area (Å²) in [5.74, 6) is -0.461. The number of carbonyl (C=O) groups is 2. The molecule has 4 rings (SSSR count). The number of halogens is 1. The maximum absolute atomic E-state index is 13.3. The van der Waals surface area contributed by atoms with Gasteiger partial charge in [0.15, 0.2) is 0 Å². The third kappa shape index (κ3) is 8.51. The molecule has 0 aliphatic heterocycles. The van der Waals surface area contributed by atoms with Gasteiger partial charge in [0.05, 0.1) is 0 Å². The maximum atomic E-state index is 13.3. The molecule has 238 valence electrons. The second-order valence-electron chi connectivity index (χ2n) is 11.8. The van der Waals surface area contributed by atoms with Gasteiger partial charge in [-0.25, -0.2) is 0 Å². The van der Waals surface area contributed by atoms with Gasteiger partial charge in [-0.1, -0.05) is 26.2 Å². The molecule has 6 heteroatoms. The monoisotopic (exact) mass is 687 g/mol. The number of amides is 1. The minimum absolute atomic E-state index is 0.0322. The van der Waals surface area contributed by atoms with Gasteiger partial charge < -0.3 is 0 Å². The van der Waals surface area contributed by atoms with Crippen LogP contribution in [0.3, 0.4) is 0 Å². The van der Waals surface area contributed by atoms with E-state index in [2.05, 4.69) is 101 Å². The minimum atomic E-state index is -3.33. The van der Waals surface area contributed by atoms with Gasteiger partial charge in [0.2, 0.25) is 0 Å². The number of hydrogen-bond acceptors (Lipinski definition) is 3. The number of rotatable bonds is 17. The molecule has 0 spiro atoms. The SMILES string of the molecule is CCCCCCCCCCCC(=O)Nc1cc(C(=O)OC)ccc1CP(Br)(c1ccccc1)(c1ccccc1)c1ccccc1. The van der Waals surface area contributed by atoms with Gasteiger partial charge in [-0.05, 0) is 0 Å². The van der Waals surface area contributed by atoms with Crippen LogP contribution in [0.15, 0.2) is 109 Å². The molecule has 1 amide bonds. The van der Waals surface area contributed by atoms with Crippen LogP contribution in [0.4, 0.5) is 5.69 Å². The third-order valence-electron chi connectivity index (χ3n) is 8.66. The molecule has 0 bridgehead atoms. The first-order valence-electron chi connectivity index (χ1n) is 16.3. The zero-order valence-electron chi connectivity index (χ0n) is 26.7. The molecule has 0 fully saturated rings. The van der Waals surface area contributed by atoms with Crippen molar-refractivity contribution >= 4 is 54.3 Å². The van der Waals surface area contributed by atoms with Crippen LogP contribution in [-0.4, -0.2) is 19.0 Å². The van der Waals surface area contributed by atoms with Crippen molar-refractivity contribution in [3.63, 3.8) is 0 Å². The number of benzene rings is 4. The molecule has 4 nitrogen and oxygen atoms in total. The predicted octanol–water partition coefficient (Wildman–Crippen LogP) is 9.67. The summed E-state index contributed by atoms with van der Waals surface area (Å²) in [5.41, 5.74) is 2.01. The molecule has 1 N–H and O–H groups in total. The topological polar surface area (TPSA) is 55.4 Å². The Balaban J connectivity index is 1.67. The fourth-order valence-electron chi connectivity index (χ4n) is 6.14. The van der Waals surface area contributed by atoms with Crippen molar-refractivity contribution in [3.05, 3.63) is 120 Å². The summed E-state index contributed by atoms with van der Waals surface area (Å²) in [6.07, 6.45) is 11.8. The van der Waals surface area contributed by atoms with Crippen molar-refractivity contribution in [1.29, 1.82) is 0 Å². The number of hydrogen-bond donors (Lipinski definition) is 1. The standard InChI is InChI=1S/C39H47BrNO3P/c1-3-4-5-6-7-8-9-10-20-27-38(42)41-37-30-32(39(43)44-2)28-29-33(37)31-45(40,34-21-14-11-15-22-34,35-23-16-12-17-24-35)36-25-18-13-19-26-36/h11-19,21-26,28-30H,3-10,20,27,31H2,1-2H3,(H,41,42). The summed E-state index contributed by atoms with van der Waals surface area (Å²) in [7, 11) is 1.38. The van der Waals surface area contributed by atoms with Crippen molar-refractivity contribution in [1.82, 2.24) is 0 Å². The average Bonchev–Trinajstić information content (AvgIpc) is 3.09. The summed E-state index contributed by atoms with van der Waals surface area (Å²) in [4.78, 5) is 25.9. The van der Waals surface area contributed by atoms with E-state index in [1.165, 1.54) is 61.5 Å². The zero-order valence-corrected chi connectivity index (χ0v) is 29.2. The molecule has 0 saturated carbocycles. The fraction of sp³-hybridized carbons (Fsp3) is 0.333. The van der Waals surface area contributed by atoms with E-state index < -0.39 is 11.3 Å². The molecule has 0 heterocycles. The number of ether oxygens (including phenoxy) is 1. The fourth-order valence-corrected chi connectivity index (χ4v) is 13.8. The Bertz CT molecular complexity index is 1410. The van der Waals surface area contributed by atoms with E-state index in [0.29, 0.717) is 23.8 Å². The van der Waals surface area contributed by atoms with Gasteiger partial charge in [-0.15, -0.1) is 0 Å². The Morgan fingerprint density at radius 1 is 0.667 bits per heavy atom. The quantitative estimate of drug-likeness (QED) is 0.0683. The van der Waals surface area contributed by atoms with Crippen molar-refractivity contribution in [2.45, 2.75) is 77.3 Å². The van der Waals surface area contributed by atoms with E-state index in [0.717, 1.165) is 24.8 Å². The Morgan fingerprint density at radius 2 is 1.13 bits per heavy atom. The third-order valence-corrected chi connectivity index (χ3v) is 18.2. The average molecular weight is 689 g/mol. The van der Waals surface area contributed by atoms with Crippen LogP contribution in [0.5, 0.6) is 0 Å². The molecule has 0 radical (unpaired) electrons. The number of anilines is 1. The van der Waals surface area contributed by atoms with Gasteiger partial charge in [-0.2, -0.15) is 0 Å². The molecule has 0 atom stereocenters. The van der Waals surface area contributed by atoms with E-state index >= 15 is 0 Å². The van der Waals surface area contributed by atoms with E-state index in [9.17, 15) is 9.59 Å². The molecule has 4 aromatic rings. The van der Waals surface area contributed by atoms with Crippen LogP contribution in [0.1, 0.15) is 87.1 Å². The number of nitrogens with one attached hydrogen (secondary N) is 1. The second-order valence-corrected chi connectivity index (χ2v) is 20.8. The van der Waals surface area contributed by atoms with Gasteiger partial charge in [0.1, 0.15) is 0 Å². The number of carbonyl (C=O) groups excluding carboxylic acids is 2. The van der Waals surface area contributed by atoms with Gasteiger partial charge in [0.25, 0.3) is 0 Å². The predicted molar refractivity (Wildman–Crippen MR) is 196 cm³/mol. The van der Waals surface area contributed by atoms with E-state index in [4.69, 9.17) is 4.74 Å². The van der Waals surface area contributed by atoms with Crippen molar-refractivity contribution < 1.29 is 14.3 Å². The van der Waals surface area contributed by atoms with Gasteiger partial charge in [0, 0.05) is 0 Å². The van der Waals surface area contributed by atoms with Crippen LogP contribution in [0.25, 0.3) is 0 Å². The summed E-state index contributed by atoms with van der Waals surface area (Å²) >= 11 is 4.53. The molecule has 4 aromatic carbocycles. The Morgan fingerprint density at radius 3 is 1.60 bits per heavy atom. The second kappa shape index (κ2) is 16.9. The van der Waals surface area contributed by atoms with Crippen molar-refractivity contribution in [2.75, 3.05) is 12.4 Å². The number of esters is 1. The van der Waals surface area contributed by atoms with Crippen molar-refractivity contribution in [3.8, 4) is 0 Å². The molecular weight excluding hydrogens is 641 g/mol. The molecule has 0 saturated heterocycles.